The highest BCUT2D eigenvalue weighted by molar-refractivity contribution is 7.80. The monoisotopic (exact) mass is 394 g/mol. The van der Waals surface area contributed by atoms with Crippen LogP contribution in [0.1, 0.15) is 30.0 Å². The van der Waals surface area contributed by atoms with Gasteiger partial charge in [0.15, 0.2) is 5.11 Å². The molecule has 0 amide bonds. The number of hydrogen-bond acceptors (Lipinski definition) is 3. The molecule has 27 heavy (non-hydrogen) atoms. The zero-order chi connectivity index (χ0) is 19.4. The molecule has 0 unspecified atom stereocenters. The van der Waals surface area contributed by atoms with E-state index in [-0.39, 0.29) is 16.8 Å². The third-order valence-corrected chi connectivity index (χ3v) is 4.37. The minimum atomic E-state index is -4.42. The number of halogens is 3. The van der Waals surface area contributed by atoms with Crippen LogP contribution in [0, 0.1) is 0 Å². The van der Waals surface area contributed by atoms with Crippen LogP contribution in [-0.2, 0) is 12.7 Å². The SMILES string of the molecule is C[C@@H](c1ccco1)N(Cc1ccco1)C(=S)Nc1cccc(C(F)(F)F)c1. The summed E-state index contributed by atoms with van der Waals surface area (Å²) in [5, 5.41) is 3.14. The second-order valence-corrected chi connectivity index (χ2v) is 6.29. The second kappa shape index (κ2) is 7.87. The Morgan fingerprint density at radius 1 is 1.11 bits per heavy atom. The molecule has 3 aromatic rings. The third-order valence-electron chi connectivity index (χ3n) is 4.03. The Hall–Kier alpha value is -2.74. The molecule has 0 spiro atoms. The molecule has 1 atom stereocenters. The molecular weight excluding hydrogens is 377 g/mol. The summed E-state index contributed by atoms with van der Waals surface area (Å²) in [6.45, 7) is 2.22. The van der Waals surface area contributed by atoms with Gasteiger partial charge in [0.25, 0.3) is 0 Å². The first-order valence-corrected chi connectivity index (χ1v) is 8.56. The minimum Gasteiger partial charge on any atom is -0.467 e. The number of furan rings is 2. The Balaban J connectivity index is 1.82. The van der Waals surface area contributed by atoms with Crippen LogP contribution in [0.15, 0.2) is 69.9 Å². The molecule has 0 aliphatic rings. The van der Waals surface area contributed by atoms with Crippen LogP contribution in [0.4, 0.5) is 18.9 Å². The van der Waals surface area contributed by atoms with Crippen molar-refractivity contribution in [2.75, 3.05) is 5.32 Å². The van der Waals surface area contributed by atoms with Crippen LogP contribution in [0.2, 0.25) is 0 Å². The van der Waals surface area contributed by atoms with Gasteiger partial charge in [-0.05, 0) is 61.6 Å². The second-order valence-electron chi connectivity index (χ2n) is 5.91. The van der Waals surface area contributed by atoms with Gasteiger partial charge in [-0.2, -0.15) is 13.2 Å². The lowest BCUT2D eigenvalue weighted by atomic mass is 10.2. The molecule has 8 heteroatoms. The van der Waals surface area contributed by atoms with E-state index in [0.29, 0.717) is 18.1 Å². The highest BCUT2D eigenvalue weighted by atomic mass is 32.1. The lowest BCUT2D eigenvalue weighted by Gasteiger charge is -2.30. The number of rotatable bonds is 5. The molecule has 0 aliphatic heterocycles. The summed E-state index contributed by atoms with van der Waals surface area (Å²) in [5.41, 5.74) is -0.488. The average molecular weight is 394 g/mol. The summed E-state index contributed by atoms with van der Waals surface area (Å²) in [4.78, 5) is 1.78. The number of thiocarbonyl (C=S) groups is 1. The summed E-state index contributed by atoms with van der Waals surface area (Å²) >= 11 is 5.47. The molecule has 0 bridgehead atoms. The maximum absolute atomic E-state index is 12.9. The van der Waals surface area contributed by atoms with Crippen LogP contribution >= 0.6 is 12.2 Å². The molecule has 2 heterocycles. The Bertz CT molecular complexity index is 877. The largest absolute Gasteiger partial charge is 0.467 e. The summed E-state index contributed by atoms with van der Waals surface area (Å²) in [6, 6.07) is 11.8. The van der Waals surface area contributed by atoms with Crippen molar-refractivity contribution in [1.82, 2.24) is 4.90 Å². The maximum atomic E-state index is 12.9. The number of nitrogens with one attached hydrogen (secondary N) is 1. The topological polar surface area (TPSA) is 41.6 Å². The van der Waals surface area contributed by atoms with E-state index >= 15 is 0 Å². The number of benzene rings is 1. The standard InChI is InChI=1S/C19H17F3N2O2S/c1-13(17-8-4-10-26-17)24(12-16-7-3-9-25-16)18(27)23-15-6-2-5-14(11-15)19(20,21)22/h2-11,13H,12H2,1H3,(H,23,27)/t13-/m0/s1. The van der Waals surface area contributed by atoms with Crippen molar-refractivity contribution in [2.24, 2.45) is 0 Å². The zero-order valence-electron chi connectivity index (χ0n) is 14.4. The van der Waals surface area contributed by atoms with Crippen molar-refractivity contribution in [3.63, 3.8) is 0 Å². The van der Waals surface area contributed by atoms with Crippen LogP contribution in [0.3, 0.4) is 0 Å². The van der Waals surface area contributed by atoms with E-state index in [1.54, 1.807) is 35.6 Å². The van der Waals surface area contributed by atoms with Gasteiger partial charge in [-0.25, -0.2) is 0 Å². The van der Waals surface area contributed by atoms with Gasteiger partial charge in [-0.15, -0.1) is 0 Å². The van der Waals surface area contributed by atoms with Crippen molar-refractivity contribution < 1.29 is 22.0 Å². The maximum Gasteiger partial charge on any atom is 0.416 e. The Morgan fingerprint density at radius 3 is 2.48 bits per heavy atom. The van der Waals surface area contributed by atoms with Crippen molar-refractivity contribution in [2.45, 2.75) is 25.7 Å². The fourth-order valence-electron chi connectivity index (χ4n) is 2.61. The van der Waals surface area contributed by atoms with Crippen LogP contribution in [-0.4, -0.2) is 10.0 Å². The van der Waals surface area contributed by atoms with Gasteiger partial charge >= 0.3 is 6.18 Å². The molecule has 0 saturated carbocycles. The van der Waals surface area contributed by atoms with E-state index in [0.717, 1.165) is 12.1 Å². The van der Waals surface area contributed by atoms with Crippen molar-refractivity contribution in [1.29, 1.82) is 0 Å². The van der Waals surface area contributed by atoms with Crippen LogP contribution < -0.4 is 5.32 Å². The summed E-state index contributed by atoms with van der Waals surface area (Å²) in [5.74, 6) is 1.34. The first-order chi connectivity index (χ1) is 12.8. The van der Waals surface area contributed by atoms with Gasteiger partial charge in [0, 0.05) is 5.69 Å². The predicted octanol–water partition coefficient (Wildman–Crippen LogP) is 5.85. The van der Waals surface area contributed by atoms with E-state index < -0.39 is 11.7 Å². The predicted molar refractivity (Wildman–Crippen MR) is 99.0 cm³/mol. The lowest BCUT2D eigenvalue weighted by molar-refractivity contribution is -0.137. The summed E-state index contributed by atoms with van der Waals surface area (Å²) in [7, 11) is 0. The molecular formula is C19H17F3N2O2S. The molecule has 0 fully saturated rings. The van der Waals surface area contributed by atoms with E-state index in [1.807, 2.05) is 13.0 Å². The Labute approximate surface area is 159 Å². The molecule has 0 saturated heterocycles. The highest BCUT2D eigenvalue weighted by Gasteiger charge is 2.30. The van der Waals surface area contributed by atoms with E-state index in [1.165, 1.54) is 12.1 Å². The Kier molecular flexibility index (Phi) is 5.55. The third kappa shape index (κ3) is 4.71. The van der Waals surface area contributed by atoms with Crippen LogP contribution in [0.25, 0.3) is 0 Å². The number of alkyl halides is 3. The normalized spacial score (nSPS) is 12.6. The Morgan fingerprint density at radius 2 is 1.85 bits per heavy atom. The van der Waals surface area contributed by atoms with Gasteiger partial charge in [-0.3, -0.25) is 0 Å². The van der Waals surface area contributed by atoms with Gasteiger partial charge in [0.05, 0.1) is 30.7 Å². The summed E-state index contributed by atoms with van der Waals surface area (Å²) in [6.07, 6.45) is -1.32. The fraction of sp³-hybridized carbons (Fsp3) is 0.211. The van der Waals surface area contributed by atoms with Crippen molar-refractivity contribution >= 4 is 23.0 Å². The summed E-state index contributed by atoms with van der Waals surface area (Å²) < 4.78 is 49.6. The minimum absolute atomic E-state index is 0.254. The zero-order valence-corrected chi connectivity index (χ0v) is 15.2. The highest BCUT2D eigenvalue weighted by Crippen LogP contribution is 2.31. The van der Waals surface area contributed by atoms with Gasteiger partial charge < -0.3 is 19.1 Å². The lowest BCUT2D eigenvalue weighted by Crippen LogP contribution is -2.36. The molecule has 1 aromatic carbocycles. The average Bonchev–Trinajstić information content (AvgIpc) is 3.32. The van der Waals surface area contributed by atoms with Gasteiger partial charge in [0.2, 0.25) is 0 Å². The molecule has 0 radical (unpaired) electrons. The van der Waals surface area contributed by atoms with Crippen LogP contribution in [0.5, 0.6) is 0 Å². The van der Waals surface area contributed by atoms with E-state index in [2.05, 4.69) is 5.32 Å². The molecule has 4 nitrogen and oxygen atoms in total. The van der Waals surface area contributed by atoms with Crippen molar-refractivity contribution in [3.8, 4) is 0 Å². The number of hydrogen-bond donors (Lipinski definition) is 1. The van der Waals surface area contributed by atoms with Gasteiger partial charge in [0.1, 0.15) is 11.5 Å². The van der Waals surface area contributed by atoms with Gasteiger partial charge in [-0.1, -0.05) is 6.07 Å². The van der Waals surface area contributed by atoms with E-state index in [4.69, 9.17) is 21.1 Å². The quantitative estimate of drug-likeness (QED) is 0.550. The molecule has 2 aromatic heterocycles. The molecule has 0 aliphatic carbocycles. The number of anilines is 1. The first kappa shape index (κ1) is 19.0. The molecule has 142 valence electrons. The molecule has 1 N–H and O–H groups in total. The fourth-order valence-corrected chi connectivity index (χ4v) is 2.95. The smallest absolute Gasteiger partial charge is 0.416 e. The first-order valence-electron chi connectivity index (χ1n) is 8.15. The number of nitrogens with zero attached hydrogens (tertiary/aromatic N) is 1. The molecule has 3 rings (SSSR count). The van der Waals surface area contributed by atoms with E-state index in [9.17, 15) is 13.2 Å². The van der Waals surface area contributed by atoms with Crippen molar-refractivity contribution in [3.05, 3.63) is 78.1 Å².